The van der Waals surface area contributed by atoms with Gasteiger partial charge in [-0.2, -0.15) is 5.10 Å². The maximum Gasteiger partial charge on any atom is 0.225 e. The summed E-state index contributed by atoms with van der Waals surface area (Å²) >= 11 is 0. The Morgan fingerprint density at radius 3 is 2.56 bits per heavy atom. The highest BCUT2D eigenvalue weighted by Crippen LogP contribution is 2.24. The minimum absolute atomic E-state index is 0. The van der Waals surface area contributed by atoms with E-state index in [9.17, 15) is 0 Å². The molecule has 8 nitrogen and oxygen atoms in total. The van der Waals surface area contributed by atoms with Gasteiger partial charge in [0.05, 0.1) is 17.9 Å². The highest BCUT2D eigenvalue weighted by atomic mass is 127. The lowest BCUT2D eigenvalue weighted by Crippen LogP contribution is -2.51. The molecule has 2 aliphatic rings. The van der Waals surface area contributed by atoms with E-state index in [0.717, 1.165) is 45.0 Å². The quantitative estimate of drug-likeness (QED) is 0.404. The first-order valence-electron chi connectivity index (χ1n) is 9.33. The number of guanidine groups is 1. The molecule has 0 spiro atoms. The molecule has 0 aromatic carbocycles. The summed E-state index contributed by atoms with van der Waals surface area (Å²) in [5.41, 5.74) is 10.1. The molecule has 0 radical (unpaired) electrons. The topological polar surface area (TPSA) is 88.5 Å². The van der Waals surface area contributed by atoms with Gasteiger partial charge in [0.15, 0.2) is 5.96 Å². The summed E-state index contributed by atoms with van der Waals surface area (Å²) in [6, 6.07) is 1.83. The van der Waals surface area contributed by atoms with Crippen molar-refractivity contribution in [3.63, 3.8) is 0 Å². The molecule has 0 amide bonds. The Morgan fingerprint density at radius 1 is 1.11 bits per heavy atom. The molecule has 0 bridgehead atoms. The lowest BCUT2D eigenvalue weighted by atomic mass is 9.96. The van der Waals surface area contributed by atoms with E-state index < -0.39 is 0 Å². The number of aromatic nitrogens is 4. The van der Waals surface area contributed by atoms with Crippen LogP contribution in [0.1, 0.15) is 29.8 Å². The van der Waals surface area contributed by atoms with Crippen LogP contribution in [0.25, 0.3) is 0 Å². The third kappa shape index (κ3) is 4.33. The van der Waals surface area contributed by atoms with E-state index >= 15 is 0 Å². The van der Waals surface area contributed by atoms with Gasteiger partial charge in [0.2, 0.25) is 5.95 Å². The standard InChI is InChI=1S/C18H26N8.HI/c1-24-16(14-5-2-3-6-15(14)23-24)13-22-17(19)25-9-11-26(12-10-25)18-20-7-4-8-21-18;/h4,7-8H,2-3,5-6,9-13H2,1H3,(H2,19,22);1H. The third-order valence-electron chi connectivity index (χ3n) is 5.28. The summed E-state index contributed by atoms with van der Waals surface area (Å²) in [5, 5.41) is 4.66. The Bertz CT molecular complexity index is 780. The van der Waals surface area contributed by atoms with Gasteiger partial charge >= 0.3 is 0 Å². The number of aryl methyl sites for hydroxylation is 2. The molecule has 146 valence electrons. The zero-order valence-electron chi connectivity index (χ0n) is 15.7. The lowest BCUT2D eigenvalue weighted by molar-refractivity contribution is 0.378. The van der Waals surface area contributed by atoms with Crippen molar-refractivity contribution in [3.8, 4) is 0 Å². The highest BCUT2D eigenvalue weighted by Gasteiger charge is 2.21. The Labute approximate surface area is 176 Å². The van der Waals surface area contributed by atoms with E-state index in [1.165, 1.54) is 29.8 Å². The van der Waals surface area contributed by atoms with Gasteiger partial charge in [-0.15, -0.1) is 24.0 Å². The largest absolute Gasteiger partial charge is 0.370 e. The number of hydrogen-bond donors (Lipinski definition) is 1. The second-order valence-electron chi connectivity index (χ2n) is 6.90. The van der Waals surface area contributed by atoms with E-state index in [1.807, 2.05) is 17.8 Å². The molecule has 1 aliphatic heterocycles. The number of fused-ring (bicyclic) bond motifs is 1. The van der Waals surface area contributed by atoms with Gasteiger partial charge in [0, 0.05) is 45.6 Å². The monoisotopic (exact) mass is 482 g/mol. The second kappa shape index (κ2) is 8.85. The van der Waals surface area contributed by atoms with Crippen molar-refractivity contribution >= 4 is 35.9 Å². The van der Waals surface area contributed by atoms with Crippen molar-refractivity contribution in [1.82, 2.24) is 24.6 Å². The number of nitrogens with zero attached hydrogens (tertiary/aromatic N) is 7. The molecule has 2 aromatic rings. The number of halogens is 1. The normalized spacial score (nSPS) is 17.4. The van der Waals surface area contributed by atoms with Crippen LogP contribution < -0.4 is 10.6 Å². The van der Waals surface area contributed by atoms with Crippen LogP contribution in [0.5, 0.6) is 0 Å². The van der Waals surface area contributed by atoms with Gasteiger partial charge in [-0.1, -0.05) is 0 Å². The zero-order valence-corrected chi connectivity index (χ0v) is 18.0. The number of rotatable bonds is 3. The summed E-state index contributed by atoms with van der Waals surface area (Å²) in [7, 11) is 2.01. The van der Waals surface area contributed by atoms with Gasteiger partial charge in [0.1, 0.15) is 0 Å². The Morgan fingerprint density at radius 2 is 1.81 bits per heavy atom. The van der Waals surface area contributed by atoms with Crippen molar-refractivity contribution < 1.29 is 0 Å². The molecule has 9 heteroatoms. The molecule has 2 aromatic heterocycles. The van der Waals surface area contributed by atoms with Crippen molar-refractivity contribution in [2.75, 3.05) is 31.1 Å². The molecular weight excluding hydrogens is 455 g/mol. The Kier molecular flexibility index (Phi) is 6.51. The fourth-order valence-electron chi connectivity index (χ4n) is 3.79. The SMILES string of the molecule is Cn1nc2c(c1CN=C(N)N1CCN(c3ncccn3)CC1)CCCC2.I. The summed E-state index contributed by atoms with van der Waals surface area (Å²) < 4.78 is 1.98. The first-order valence-corrected chi connectivity index (χ1v) is 9.33. The molecule has 0 saturated carbocycles. The molecule has 1 saturated heterocycles. The van der Waals surface area contributed by atoms with Gasteiger partial charge < -0.3 is 15.5 Å². The van der Waals surface area contributed by atoms with Gasteiger partial charge in [-0.25, -0.2) is 15.0 Å². The third-order valence-corrected chi connectivity index (χ3v) is 5.28. The number of anilines is 1. The van der Waals surface area contributed by atoms with Crippen LogP contribution in [0, 0.1) is 0 Å². The summed E-state index contributed by atoms with van der Waals surface area (Å²) in [5.74, 6) is 1.40. The first kappa shape index (κ1) is 19.8. The smallest absolute Gasteiger partial charge is 0.225 e. The average molecular weight is 482 g/mol. The van der Waals surface area contributed by atoms with Gasteiger partial charge in [0.25, 0.3) is 0 Å². The fourth-order valence-corrected chi connectivity index (χ4v) is 3.79. The van der Waals surface area contributed by atoms with E-state index in [0.29, 0.717) is 12.5 Å². The maximum atomic E-state index is 6.27. The molecular formula is C18H27IN8. The average Bonchev–Trinajstić information content (AvgIpc) is 3.02. The number of hydrogen-bond acceptors (Lipinski definition) is 5. The molecule has 27 heavy (non-hydrogen) atoms. The van der Waals surface area contributed by atoms with Crippen LogP contribution in [0.3, 0.4) is 0 Å². The molecule has 2 N–H and O–H groups in total. The minimum Gasteiger partial charge on any atom is -0.370 e. The Balaban J connectivity index is 0.00000210. The lowest BCUT2D eigenvalue weighted by Gasteiger charge is -2.35. The van der Waals surface area contributed by atoms with E-state index in [1.54, 1.807) is 12.4 Å². The zero-order chi connectivity index (χ0) is 17.9. The van der Waals surface area contributed by atoms with Crippen molar-refractivity contribution in [3.05, 3.63) is 35.4 Å². The molecule has 0 unspecified atom stereocenters. The highest BCUT2D eigenvalue weighted by molar-refractivity contribution is 14.0. The Hall–Kier alpha value is -1.91. The molecule has 3 heterocycles. The summed E-state index contributed by atoms with van der Waals surface area (Å²) in [6.07, 6.45) is 8.24. The summed E-state index contributed by atoms with van der Waals surface area (Å²) in [6.45, 7) is 3.96. The predicted molar refractivity (Wildman–Crippen MR) is 116 cm³/mol. The van der Waals surface area contributed by atoms with Crippen LogP contribution in [-0.2, 0) is 26.4 Å². The maximum absolute atomic E-state index is 6.27. The van der Waals surface area contributed by atoms with E-state index in [-0.39, 0.29) is 24.0 Å². The number of aliphatic imine (C=N–C) groups is 1. The fraction of sp³-hybridized carbons (Fsp3) is 0.556. The van der Waals surface area contributed by atoms with Crippen molar-refractivity contribution in [2.45, 2.75) is 32.2 Å². The molecule has 0 atom stereocenters. The van der Waals surface area contributed by atoms with Crippen LogP contribution in [0.15, 0.2) is 23.5 Å². The van der Waals surface area contributed by atoms with Gasteiger partial charge in [-0.05, 0) is 37.3 Å². The summed E-state index contributed by atoms with van der Waals surface area (Å²) in [4.78, 5) is 17.6. The second-order valence-corrected chi connectivity index (χ2v) is 6.90. The molecule has 4 rings (SSSR count). The molecule has 1 aliphatic carbocycles. The predicted octanol–water partition coefficient (Wildman–Crippen LogP) is 1.34. The van der Waals surface area contributed by atoms with Gasteiger partial charge in [-0.3, -0.25) is 4.68 Å². The number of nitrogens with two attached hydrogens (primary N) is 1. The van der Waals surface area contributed by atoms with Crippen LogP contribution in [-0.4, -0.2) is 56.8 Å². The van der Waals surface area contributed by atoms with E-state index in [2.05, 4.69) is 29.9 Å². The van der Waals surface area contributed by atoms with Crippen LogP contribution >= 0.6 is 24.0 Å². The van der Waals surface area contributed by atoms with Crippen molar-refractivity contribution in [1.29, 1.82) is 0 Å². The van der Waals surface area contributed by atoms with Crippen molar-refractivity contribution in [2.24, 2.45) is 17.8 Å². The minimum atomic E-state index is 0. The van der Waals surface area contributed by atoms with E-state index in [4.69, 9.17) is 5.73 Å². The first-order chi connectivity index (χ1) is 12.7. The van der Waals surface area contributed by atoms with Crippen LogP contribution in [0.2, 0.25) is 0 Å². The number of piperazine rings is 1. The van der Waals surface area contributed by atoms with Crippen LogP contribution in [0.4, 0.5) is 5.95 Å². The molecule has 1 fully saturated rings.